The smallest absolute Gasteiger partial charge is 0.0690 e. The van der Waals surface area contributed by atoms with E-state index in [2.05, 4.69) is 41.9 Å². The third-order valence-corrected chi connectivity index (χ3v) is 3.54. The standard InChI is InChI=1S/C12H15BrO/c1-8-5-11(13)6-10(9(8)2)7-12(14)3-4-12/h5-6,14H,3-4,7H2,1-2H3. The van der Waals surface area contributed by atoms with Crippen molar-refractivity contribution in [2.75, 3.05) is 0 Å². The van der Waals surface area contributed by atoms with Crippen LogP contribution in [-0.4, -0.2) is 10.7 Å². The van der Waals surface area contributed by atoms with E-state index in [0.29, 0.717) is 0 Å². The lowest BCUT2D eigenvalue weighted by Crippen LogP contribution is -2.12. The van der Waals surface area contributed by atoms with Gasteiger partial charge in [-0.25, -0.2) is 0 Å². The third kappa shape index (κ3) is 2.01. The predicted octanol–water partition coefficient (Wildman–Crippen LogP) is 3.13. The minimum absolute atomic E-state index is 0.391. The van der Waals surface area contributed by atoms with E-state index in [1.165, 1.54) is 16.7 Å². The van der Waals surface area contributed by atoms with E-state index >= 15 is 0 Å². The lowest BCUT2D eigenvalue weighted by molar-refractivity contribution is 0.150. The van der Waals surface area contributed by atoms with Gasteiger partial charge in [0.1, 0.15) is 0 Å². The molecule has 1 aromatic rings. The molecule has 1 aliphatic carbocycles. The van der Waals surface area contributed by atoms with Crippen LogP contribution in [0.15, 0.2) is 16.6 Å². The van der Waals surface area contributed by atoms with Crippen molar-refractivity contribution in [1.29, 1.82) is 0 Å². The summed E-state index contributed by atoms with van der Waals surface area (Å²) < 4.78 is 1.11. The van der Waals surface area contributed by atoms with Gasteiger partial charge in [0.05, 0.1) is 5.60 Å². The summed E-state index contributed by atoms with van der Waals surface area (Å²) in [4.78, 5) is 0. The lowest BCUT2D eigenvalue weighted by atomic mass is 9.98. The zero-order valence-corrected chi connectivity index (χ0v) is 10.2. The van der Waals surface area contributed by atoms with Crippen molar-refractivity contribution >= 4 is 15.9 Å². The van der Waals surface area contributed by atoms with Gasteiger partial charge in [-0.15, -0.1) is 0 Å². The van der Waals surface area contributed by atoms with Crippen LogP contribution >= 0.6 is 15.9 Å². The monoisotopic (exact) mass is 254 g/mol. The van der Waals surface area contributed by atoms with Crippen LogP contribution < -0.4 is 0 Å². The first-order valence-electron chi connectivity index (χ1n) is 4.98. The van der Waals surface area contributed by atoms with Crippen LogP contribution in [0.3, 0.4) is 0 Å². The Morgan fingerprint density at radius 1 is 1.36 bits per heavy atom. The Kier molecular flexibility index (Phi) is 2.44. The minimum atomic E-state index is -0.391. The fraction of sp³-hybridized carbons (Fsp3) is 0.500. The molecule has 76 valence electrons. The quantitative estimate of drug-likeness (QED) is 0.860. The molecule has 0 amide bonds. The lowest BCUT2D eigenvalue weighted by Gasteiger charge is -2.13. The van der Waals surface area contributed by atoms with Gasteiger partial charge in [-0.05, 0) is 55.5 Å². The van der Waals surface area contributed by atoms with E-state index < -0.39 is 5.60 Å². The zero-order valence-electron chi connectivity index (χ0n) is 8.60. The van der Waals surface area contributed by atoms with Gasteiger partial charge >= 0.3 is 0 Å². The molecule has 0 radical (unpaired) electrons. The Morgan fingerprint density at radius 2 is 2.00 bits per heavy atom. The van der Waals surface area contributed by atoms with Gasteiger partial charge in [-0.3, -0.25) is 0 Å². The molecule has 0 aliphatic heterocycles. The highest BCUT2D eigenvalue weighted by Gasteiger charge is 2.40. The summed E-state index contributed by atoms with van der Waals surface area (Å²) in [6.45, 7) is 4.24. The maximum Gasteiger partial charge on any atom is 0.0690 e. The van der Waals surface area contributed by atoms with Gasteiger partial charge in [-0.1, -0.05) is 15.9 Å². The average molecular weight is 255 g/mol. The predicted molar refractivity (Wildman–Crippen MR) is 61.5 cm³/mol. The van der Waals surface area contributed by atoms with Gasteiger partial charge in [0.15, 0.2) is 0 Å². The molecule has 1 aromatic carbocycles. The molecule has 2 rings (SSSR count). The molecule has 2 heteroatoms. The molecule has 0 heterocycles. The van der Waals surface area contributed by atoms with Gasteiger partial charge in [0, 0.05) is 10.9 Å². The van der Waals surface area contributed by atoms with Crippen LogP contribution in [0, 0.1) is 13.8 Å². The maximum atomic E-state index is 9.87. The highest BCUT2D eigenvalue weighted by Crippen LogP contribution is 2.39. The van der Waals surface area contributed by atoms with Gasteiger partial charge in [0.25, 0.3) is 0 Å². The molecule has 0 spiro atoms. The van der Waals surface area contributed by atoms with Crippen molar-refractivity contribution in [3.63, 3.8) is 0 Å². The van der Waals surface area contributed by atoms with E-state index in [1.54, 1.807) is 0 Å². The van der Waals surface area contributed by atoms with Crippen molar-refractivity contribution in [1.82, 2.24) is 0 Å². The van der Waals surface area contributed by atoms with E-state index in [0.717, 1.165) is 23.7 Å². The minimum Gasteiger partial charge on any atom is -0.390 e. The van der Waals surface area contributed by atoms with Crippen molar-refractivity contribution < 1.29 is 5.11 Å². The normalized spacial score (nSPS) is 18.3. The second-order valence-electron chi connectivity index (χ2n) is 4.41. The van der Waals surface area contributed by atoms with Gasteiger partial charge in [0.2, 0.25) is 0 Å². The Morgan fingerprint density at radius 3 is 2.57 bits per heavy atom. The van der Waals surface area contributed by atoms with Crippen molar-refractivity contribution in [3.8, 4) is 0 Å². The molecule has 0 unspecified atom stereocenters. The highest BCUT2D eigenvalue weighted by molar-refractivity contribution is 9.10. The van der Waals surface area contributed by atoms with Crippen molar-refractivity contribution in [2.24, 2.45) is 0 Å². The van der Waals surface area contributed by atoms with E-state index in [1.807, 2.05) is 0 Å². The van der Waals surface area contributed by atoms with Crippen LogP contribution in [0.5, 0.6) is 0 Å². The summed E-state index contributed by atoms with van der Waals surface area (Å²) in [6.07, 6.45) is 2.72. The van der Waals surface area contributed by atoms with Crippen LogP contribution in [-0.2, 0) is 6.42 Å². The van der Waals surface area contributed by atoms with E-state index in [9.17, 15) is 5.11 Å². The summed E-state index contributed by atoms with van der Waals surface area (Å²) in [5, 5.41) is 9.87. The molecule has 1 saturated carbocycles. The maximum absolute atomic E-state index is 9.87. The fourth-order valence-corrected chi connectivity index (χ4v) is 2.36. The molecular weight excluding hydrogens is 240 g/mol. The van der Waals surface area contributed by atoms with Crippen LogP contribution in [0.1, 0.15) is 29.5 Å². The van der Waals surface area contributed by atoms with Crippen LogP contribution in [0.4, 0.5) is 0 Å². The summed E-state index contributed by atoms with van der Waals surface area (Å²) in [6, 6.07) is 4.24. The zero-order chi connectivity index (χ0) is 10.3. The molecule has 0 aromatic heterocycles. The number of hydrogen-bond acceptors (Lipinski definition) is 1. The summed E-state index contributed by atoms with van der Waals surface area (Å²) in [5.41, 5.74) is 3.49. The summed E-state index contributed by atoms with van der Waals surface area (Å²) in [7, 11) is 0. The largest absolute Gasteiger partial charge is 0.390 e. The summed E-state index contributed by atoms with van der Waals surface area (Å²) >= 11 is 3.49. The molecule has 0 atom stereocenters. The molecule has 14 heavy (non-hydrogen) atoms. The molecule has 1 aliphatic rings. The number of halogens is 1. The molecular formula is C12H15BrO. The van der Waals surface area contributed by atoms with Crippen LogP contribution in [0.25, 0.3) is 0 Å². The number of hydrogen-bond donors (Lipinski definition) is 1. The molecule has 1 N–H and O–H groups in total. The number of benzene rings is 1. The second-order valence-corrected chi connectivity index (χ2v) is 5.32. The number of aliphatic hydroxyl groups is 1. The van der Waals surface area contributed by atoms with Crippen molar-refractivity contribution in [3.05, 3.63) is 33.3 Å². The molecule has 1 nitrogen and oxygen atoms in total. The van der Waals surface area contributed by atoms with Crippen LogP contribution in [0.2, 0.25) is 0 Å². The van der Waals surface area contributed by atoms with Gasteiger partial charge in [-0.2, -0.15) is 0 Å². The first kappa shape index (κ1) is 10.2. The third-order valence-electron chi connectivity index (χ3n) is 3.09. The van der Waals surface area contributed by atoms with E-state index in [4.69, 9.17) is 0 Å². The Balaban J connectivity index is 2.32. The first-order chi connectivity index (χ1) is 6.50. The average Bonchev–Trinajstić information content (AvgIpc) is 2.79. The molecule has 1 fully saturated rings. The number of rotatable bonds is 2. The topological polar surface area (TPSA) is 20.2 Å². The van der Waals surface area contributed by atoms with Gasteiger partial charge < -0.3 is 5.11 Å². The highest BCUT2D eigenvalue weighted by atomic mass is 79.9. The number of aryl methyl sites for hydroxylation is 1. The van der Waals surface area contributed by atoms with Crippen molar-refractivity contribution in [2.45, 2.75) is 38.7 Å². The summed E-state index contributed by atoms with van der Waals surface area (Å²) in [5.74, 6) is 0. The first-order valence-corrected chi connectivity index (χ1v) is 5.77. The Labute approximate surface area is 93.3 Å². The second kappa shape index (κ2) is 3.35. The SMILES string of the molecule is Cc1cc(Br)cc(CC2(O)CC2)c1C. The molecule has 0 saturated heterocycles. The van der Waals surface area contributed by atoms with E-state index in [-0.39, 0.29) is 0 Å². The Hall–Kier alpha value is -0.340. The Bertz CT molecular complexity index is 367. The molecule has 0 bridgehead atoms. The fourth-order valence-electron chi connectivity index (χ4n) is 1.74.